The quantitative estimate of drug-likeness (QED) is 0.463. The fraction of sp³-hybridized carbons (Fsp3) is 1.00. The first kappa shape index (κ1) is 23.1. The number of hydrogen-bond donors (Lipinski definition) is 1. The molecule has 1 nitrogen and oxygen atoms in total. The van der Waals surface area contributed by atoms with Crippen molar-refractivity contribution in [3.63, 3.8) is 0 Å². The highest BCUT2D eigenvalue weighted by atomic mass is 16.3. The maximum Gasteiger partial charge on any atom is 0.0543 e. The average molecular weight is 417 g/mol. The summed E-state index contributed by atoms with van der Waals surface area (Å²) in [6, 6.07) is 0. The van der Waals surface area contributed by atoms with Gasteiger partial charge in [-0.3, -0.25) is 0 Å². The van der Waals surface area contributed by atoms with E-state index in [0.717, 1.165) is 60.2 Å². The van der Waals surface area contributed by atoms with E-state index in [-0.39, 0.29) is 6.10 Å². The van der Waals surface area contributed by atoms with Gasteiger partial charge >= 0.3 is 0 Å². The summed E-state index contributed by atoms with van der Waals surface area (Å²) >= 11 is 0. The van der Waals surface area contributed by atoms with Gasteiger partial charge in [0.05, 0.1) is 6.10 Å². The van der Waals surface area contributed by atoms with Crippen LogP contribution in [0, 0.1) is 58.2 Å². The fourth-order valence-corrected chi connectivity index (χ4v) is 9.90. The zero-order valence-corrected chi connectivity index (χ0v) is 21.1. The third-order valence-corrected chi connectivity index (χ3v) is 11.9. The lowest BCUT2D eigenvalue weighted by Crippen LogP contribution is -2.54. The monoisotopic (exact) mass is 416 g/mol. The summed E-state index contributed by atoms with van der Waals surface area (Å²) in [6.07, 6.45) is 16.5. The summed E-state index contributed by atoms with van der Waals surface area (Å²) in [5.74, 6) is 7.34. The molecule has 1 heteroatoms. The lowest BCUT2D eigenvalue weighted by atomic mass is 9.44. The average Bonchev–Trinajstić information content (AvgIpc) is 3.06. The van der Waals surface area contributed by atoms with Crippen LogP contribution < -0.4 is 0 Å². The summed E-state index contributed by atoms with van der Waals surface area (Å²) in [7, 11) is 0. The standard InChI is InChI=1S/C29H52O/c1-7-21(19(2)3)9-8-20(4)25-12-13-26-24-11-10-22-18-23(30)14-16-28(22,5)27(24)15-17-29(25,26)6/h19-27,30H,7-18H2,1-6H3/t20?,21?,22-,23?,24?,25?,26?,27?,28?,29?/m0/s1. The second-order valence-electron chi connectivity index (χ2n) is 13.3. The Bertz CT molecular complexity index is 583. The minimum atomic E-state index is -0.0111. The van der Waals surface area contributed by atoms with Gasteiger partial charge in [-0.2, -0.15) is 0 Å². The number of rotatable bonds is 6. The van der Waals surface area contributed by atoms with Crippen LogP contribution in [0.2, 0.25) is 0 Å². The van der Waals surface area contributed by atoms with E-state index in [1.807, 2.05) is 0 Å². The van der Waals surface area contributed by atoms with Crippen molar-refractivity contribution < 1.29 is 5.11 Å². The topological polar surface area (TPSA) is 20.2 Å². The van der Waals surface area contributed by atoms with Crippen LogP contribution >= 0.6 is 0 Å². The van der Waals surface area contributed by atoms with Gasteiger partial charge in [0.2, 0.25) is 0 Å². The minimum absolute atomic E-state index is 0.0111. The molecule has 4 rings (SSSR count). The van der Waals surface area contributed by atoms with E-state index < -0.39 is 0 Å². The molecular weight excluding hydrogens is 364 g/mol. The predicted molar refractivity (Wildman–Crippen MR) is 128 cm³/mol. The number of hydrogen-bond acceptors (Lipinski definition) is 1. The van der Waals surface area contributed by atoms with Crippen molar-refractivity contribution in [1.29, 1.82) is 0 Å². The molecular formula is C29H52O. The van der Waals surface area contributed by atoms with E-state index in [2.05, 4.69) is 41.5 Å². The Hall–Kier alpha value is -0.0400. The molecule has 0 spiro atoms. The van der Waals surface area contributed by atoms with Gasteiger partial charge in [0.15, 0.2) is 0 Å². The van der Waals surface area contributed by atoms with E-state index >= 15 is 0 Å². The van der Waals surface area contributed by atoms with Crippen LogP contribution in [0.1, 0.15) is 119 Å². The smallest absolute Gasteiger partial charge is 0.0543 e. The van der Waals surface area contributed by atoms with Gasteiger partial charge in [0.25, 0.3) is 0 Å². The van der Waals surface area contributed by atoms with Crippen LogP contribution in [0.15, 0.2) is 0 Å². The molecule has 0 amide bonds. The maximum absolute atomic E-state index is 10.3. The highest BCUT2D eigenvalue weighted by Gasteiger charge is 2.60. The Labute approximate surface area is 188 Å². The highest BCUT2D eigenvalue weighted by molar-refractivity contribution is 5.09. The molecule has 0 aliphatic heterocycles. The van der Waals surface area contributed by atoms with Crippen LogP contribution in [0.5, 0.6) is 0 Å². The van der Waals surface area contributed by atoms with E-state index in [1.54, 1.807) is 0 Å². The number of fused-ring (bicyclic) bond motifs is 5. The molecule has 174 valence electrons. The molecule has 10 atom stereocenters. The normalized spacial score (nSPS) is 48.0. The second-order valence-corrected chi connectivity index (χ2v) is 13.3. The van der Waals surface area contributed by atoms with Gasteiger partial charge in [-0.05, 0) is 122 Å². The summed E-state index contributed by atoms with van der Waals surface area (Å²) in [6.45, 7) is 15.2. The summed E-state index contributed by atoms with van der Waals surface area (Å²) in [5, 5.41) is 10.3. The van der Waals surface area contributed by atoms with Crippen molar-refractivity contribution in [1.82, 2.24) is 0 Å². The third-order valence-electron chi connectivity index (χ3n) is 11.9. The first-order valence-corrected chi connectivity index (χ1v) is 13.9. The molecule has 4 aliphatic rings. The van der Waals surface area contributed by atoms with Gasteiger partial charge < -0.3 is 5.11 Å². The summed E-state index contributed by atoms with van der Waals surface area (Å²) in [5.41, 5.74) is 1.14. The Balaban J connectivity index is 1.45. The molecule has 0 aromatic rings. The SMILES string of the molecule is CCC(CCC(C)C1CCC2C3CC[C@H]4CC(O)CCC4(C)C3CCC12C)C(C)C. The van der Waals surface area contributed by atoms with Gasteiger partial charge in [-0.15, -0.1) is 0 Å². The van der Waals surface area contributed by atoms with Crippen molar-refractivity contribution in [2.45, 2.75) is 125 Å². The molecule has 4 aliphatic carbocycles. The highest BCUT2D eigenvalue weighted by Crippen LogP contribution is 2.68. The minimum Gasteiger partial charge on any atom is -0.393 e. The Kier molecular flexibility index (Phi) is 6.72. The maximum atomic E-state index is 10.3. The largest absolute Gasteiger partial charge is 0.393 e. The fourth-order valence-electron chi connectivity index (χ4n) is 9.90. The van der Waals surface area contributed by atoms with Gasteiger partial charge in [-0.1, -0.05) is 54.4 Å². The Morgan fingerprint density at radius 3 is 2.23 bits per heavy atom. The molecule has 4 fully saturated rings. The van der Waals surface area contributed by atoms with Crippen molar-refractivity contribution in [3.8, 4) is 0 Å². The van der Waals surface area contributed by atoms with Crippen LogP contribution in [0.25, 0.3) is 0 Å². The van der Waals surface area contributed by atoms with E-state index in [4.69, 9.17) is 0 Å². The van der Waals surface area contributed by atoms with Crippen LogP contribution in [-0.2, 0) is 0 Å². The van der Waals surface area contributed by atoms with E-state index in [0.29, 0.717) is 10.8 Å². The van der Waals surface area contributed by atoms with Crippen molar-refractivity contribution >= 4 is 0 Å². The molecule has 4 saturated carbocycles. The lowest BCUT2D eigenvalue weighted by molar-refractivity contribution is -0.129. The van der Waals surface area contributed by atoms with Crippen molar-refractivity contribution in [2.75, 3.05) is 0 Å². The van der Waals surface area contributed by atoms with Crippen LogP contribution in [0.4, 0.5) is 0 Å². The Morgan fingerprint density at radius 1 is 0.833 bits per heavy atom. The van der Waals surface area contributed by atoms with E-state index in [1.165, 1.54) is 64.2 Å². The molecule has 9 unspecified atom stereocenters. The predicted octanol–water partition coefficient (Wildman–Crippen LogP) is 8.10. The van der Waals surface area contributed by atoms with Gasteiger partial charge in [-0.25, -0.2) is 0 Å². The van der Waals surface area contributed by atoms with Crippen LogP contribution in [0.3, 0.4) is 0 Å². The number of aliphatic hydroxyl groups excluding tert-OH is 1. The van der Waals surface area contributed by atoms with Gasteiger partial charge in [0.1, 0.15) is 0 Å². The van der Waals surface area contributed by atoms with Crippen molar-refractivity contribution in [3.05, 3.63) is 0 Å². The van der Waals surface area contributed by atoms with Crippen molar-refractivity contribution in [2.24, 2.45) is 58.2 Å². The zero-order chi connectivity index (χ0) is 21.7. The Morgan fingerprint density at radius 2 is 1.53 bits per heavy atom. The molecule has 1 N–H and O–H groups in total. The first-order valence-electron chi connectivity index (χ1n) is 13.9. The molecule has 0 saturated heterocycles. The lowest BCUT2D eigenvalue weighted by Gasteiger charge is -2.61. The summed E-state index contributed by atoms with van der Waals surface area (Å²) < 4.78 is 0. The third kappa shape index (κ3) is 3.82. The number of aliphatic hydroxyl groups is 1. The molecule has 30 heavy (non-hydrogen) atoms. The molecule has 0 bridgehead atoms. The molecule has 0 aromatic carbocycles. The van der Waals surface area contributed by atoms with E-state index in [9.17, 15) is 5.11 Å². The van der Waals surface area contributed by atoms with Crippen LogP contribution in [-0.4, -0.2) is 11.2 Å². The first-order chi connectivity index (χ1) is 14.2. The second kappa shape index (κ2) is 8.72. The summed E-state index contributed by atoms with van der Waals surface area (Å²) in [4.78, 5) is 0. The zero-order valence-electron chi connectivity index (χ0n) is 21.1. The molecule has 0 radical (unpaired) electrons. The molecule has 0 heterocycles. The van der Waals surface area contributed by atoms with Gasteiger partial charge in [0, 0.05) is 0 Å². The molecule has 0 aromatic heterocycles.